The van der Waals surface area contributed by atoms with Crippen LogP contribution in [0.25, 0.3) is 0 Å². The average molecular weight is 257 g/mol. The van der Waals surface area contributed by atoms with E-state index in [1.165, 1.54) is 0 Å². The number of rotatable bonds is 4. The first-order chi connectivity index (χ1) is 8.23. The largest absolute Gasteiger partial charge is 0.388 e. The number of nitrogens with one attached hydrogen (secondary N) is 1. The zero-order valence-corrected chi connectivity index (χ0v) is 11.3. The van der Waals surface area contributed by atoms with E-state index in [1.807, 2.05) is 13.8 Å². The van der Waals surface area contributed by atoms with Crippen LogP contribution in [-0.2, 0) is 9.59 Å². The lowest BCUT2D eigenvalue weighted by atomic mass is 10.1. The Morgan fingerprint density at radius 1 is 1.50 bits per heavy atom. The van der Waals surface area contributed by atoms with Crippen LogP contribution >= 0.6 is 0 Å². The summed E-state index contributed by atoms with van der Waals surface area (Å²) >= 11 is 0. The highest BCUT2D eigenvalue weighted by Crippen LogP contribution is 2.19. The second-order valence-corrected chi connectivity index (χ2v) is 5.55. The molecule has 0 spiro atoms. The molecule has 2 atom stereocenters. The van der Waals surface area contributed by atoms with Gasteiger partial charge in [0.05, 0.1) is 18.2 Å². The second kappa shape index (κ2) is 5.67. The van der Waals surface area contributed by atoms with Crippen LogP contribution < -0.4 is 11.1 Å². The predicted octanol–water partition coefficient (Wildman–Crippen LogP) is -0.931. The molecular formula is C12H23N3O3. The Bertz CT molecular complexity index is 329. The maximum Gasteiger partial charge on any atom is 0.242 e. The molecule has 0 aliphatic carbocycles. The summed E-state index contributed by atoms with van der Waals surface area (Å²) in [5, 5.41) is 12.3. The Hall–Kier alpha value is -1.14. The number of carbonyl (C=O) groups excluding carboxylic acids is 2. The zero-order valence-electron chi connectivity index (χ0n) is 11.3. The molecule has 1 heterocycles. The van der Waals surface area contributed by atoms with E-state index >= 15 is 0 Å². The van der Waals surface area contributed by atoms with Gasteiger partial charge in [-0.25, -0.2) is 0 Å². The summed E-state index contributed by atoms with van der Waals surface area (Å²) in [5.41, 5.74) is 4.85. The number of carbonyl (C=O) groups is 2. The number of likely N-dealkylation sites (tertiary alicyclic amines) is 1. The van der Waals surface area contributed by atoms with Gasteiger partial charge in [0, 0.05) is 13.1 Å². The van der Waals surface area contributed by atoms with Crippen LogP contribution in [0.4, 0.5) is 0 Å². The molecule has 0 aromatic rings. The van der Waals surface area contributed by atoms with Crippen molar-refractivity contribution >= 4 is 11.8 Å². The predicted molar refractivity (Wildman–Crippen MR) is 67.6 cm³/mol. The van der Waals surface area contributed by atoms with E-state index < -0.39 is 11.6 Å². The summed E-state index contributed by atoms with van der Waals surface area (Å²) in [7, 11) is 0. The standard InChI is InChI=1S/C12H23N3O3/c1-8(2)10(13)11(17)14-6-9(16)15-5-4-12(3,18)7-15/h8,10,18H,4-7,13H2,1-3H3,(H,14,17)/t10-,12?/m0/s1. The molecule has 1 rings (SSSR count). The fourth-order valence-electron chi connectivity index (χ4n) is 1.85. The molecule has 6 nitrogen and oxygen atoms in total. The smallest absolute Gasteiger partial charge is 0.242 e. The van der Waals surface area contributed by atoms with Crippen molar-refractivity contribution in [3.05, 3.63) is 0 Å². The van der Waals surface area contributed by atoms with E-state index in [9.17, 15) is 14.7 Å². The van der Waals surface area contributed by atoms with Crippen LogP contribution in [0.5, 0.6) is 0 Å². The summed E-state index contributed by atoms with van der Waals surface area (Å²) in [6.07, 6.45) is 0.568. The van der Waals surface area contributed by atoms with Gasteiger partial charge in [0.2, 0.25) is 11.8 Å². The normalized spacial score (nSPS) is 25.3. The topological polar surface area (TPSA) is 95.7 Å². The van der Waals surface area contributed by atoms with Crippen molar-refractivity contribution in [1.82, 2.24) is 10.2 Å². The van der Waals surface area contributed by atoms with Crippen molar-refractivity contribution in [3.8, 4) is 0 Å². The number of nitrogens with two attached hydrogens (primary N) is 1. The van der Waals surface area contributed by atoms with Crippen molar-refractivity contribution in [1.29, 1.82) is 0 Å². The van der Waals surface area contributed by atoms with Gasteiger partial charge in [-0.05, 0) is 19.3 Å². The van der Waals surface area contributed by atoms with Gasteiger partial charge in [-0.1, -0.05) is 13.8 Å². The Morgan fingerprint density at radius 3 is 2.56 bits per heavy atom. The minimum atomic E-state index is -0.812. The van der Waals surface area contributed by atoms with E-state index in [0.29, 0.717) is 19.5 Å². The van der Waals surface area contributed by atoms with Crippen molar-refractivity contribution in [3.63, 3.8) is 0 Å². The summed E-state index contributed by atoms with van der Waals surface area (Å²) in [4.78, 5) is 24.9. The van der Waals surface area contributed by atoms with Gasteiger partial charge in [0.15, 0.2) is 0 Å². The van der Waals surface area contributed by atoms with Crippen LogP contribution in [-0.4, -0.2) is 53.1 Å². The number of hydrogen-bond donors (Lipinski definition) is 3. The highest BCUT2D eigenvalue weighted by molar-refractivity contribution is 5.87. The molecule has 1 unspecified atom stereocenters. The minimum Gasteiger partial charge on any atom is -0.388 e. The molecule has 1 aliphatic rings. The maximum absolute atomic E-state index is 11.8. The van der Waals surface area contributed by atoms with Gasteiger partial charge < -0.3 is 21.1 Å². The van der Waals surface area contributed by atoms with Crippen molar-refractivity contribution < 1.29 is 14.7 Å². The van der Waals surface area contributed by atoms with Crippen molar-refractivity contribution in [2.24, 2.45) is 11.7 Å². The van der Waals surface area contributed by atoms with Crippen LogP contribution in [0.2, 0.25) is 0 Å². The number of nitrogens with zero attached hydrogens (tertiary/aromatic N) is 1. The first-order valence-electron chi connectivity index (χ1n) is 6.26. The molecule has 1 saturated heterocycles. The monoisotopic (exact) mass is 257 g/mol. The zero-order chi connectivity index (χ0) is 13.9. The van der Waals surface area contributed by atoms with Gasteiger partial charge in [-0.2, -0.15) is 0 Å². The quantitative estimate of drug-likeness (QED) is 0.606. The number of amides is 2. The molecule has 0 saturated carbocycles. The lowest BCUT2D eigenvalue weighted by Crippen LogP contribution is -2.48. The van der Waals surface area contributed by atoms with Crippen molar-refractivity contribution in [2.45, 2.75) is 38.8 Å². The Labute approximate surface area is 108 Å². The van der Waals surface area contributed by atoms with E-state index in [2.05, 4.69) is 5.32 Å². The first-order valence-corrected chi connectivity index (χ1v) is 6.26. The highest BCUT2D eigenvalue weighted by atomic mass is 16.3. The third kappa shape index (κ3) is 3.96. The van der Waals surface area contributed by atoms with E-state index in [0.717, 1.165) is 0 Å². The molecule has 104 valence electrons. The fourth-order valence-corrected chi connectivity index (χ4v) is 1.85. The molecule has 1 fully saturated rings. The summed E-state index contributed by atoms with van der Waals surface area (Å²) in [6.45, 7) is 6.19. The minimum absolute atomic E-state index is 0.0348. The number of hydrogen-bond acceptors (Lipinski definition) is 4. The number of β-amino-alcohol motifs (C(OH)–C–C–N with tert-alkyl or cyclic N) is 1. The fraction of sp³-hybridized carbons (Fsp3) is 0.833. The molecule has 6 heteroatoms. The number of aliphatic hydroxyl groups is 1. The van der Waals surface area contributed by atoms with Gasteiger partial charge in [0.25, 0.3) is 0 Å². The summed E-state index contributed by atoms with van der Waals surface area (Å²) in [6, 6.07) is -0.598. The van der Waals surface area contributed by atoms with E-state index in [-0.39, 0.29) is 24.3 Å². The average Bonchev–Trinajstić information content (AvgIpc) is 2.64. The molecular weight excluding hydrogens is 234 g/mol. The molecule has 0 radical (unpaired) electrons. The molecule has 4 N–H and O–H groups in total. The van der Waals surface area contributed by atoms with Gasteiger partial charge in [-0.3, -0.25) is 9.59 Å². The Morgan fingerprint density at radius 2 is 2.11 bits per heavy atom. The second-order valence-electron chi connectivity index (χ2n) is 5.55. The van der Waals surface area contributed by atoms with Crippen LogP contribution in [0, 0.1) is 5.92 Å². The summed E-state index contributed by atoms with van der Waals surface area (Å²) in [5.74, 6) is -0.464. The summed E-state index contributed by atoms with van der Waals surface area (Å²) < 4.78 is 0. The lowest BCUT2D eigenvalue weighted by Gasteiger charge is -2.20. The Kier molecular flexibility index (Phi) is 4.70. The molecule has 0 aromatic carbocycles. The third-order valence-corrected chi connectivity index (χ3v) is 3.24. The highest BCUT2D eigenvalue weighted by Gasteiger charge is 2.33. The van der Waals surface area contributed by atoms with Gasteiger partial charge >= 0.3 is 0 Å². The molecule has 1 aliphatic heterocycles. The van der Waals surface area contributed by atoms with Gasteiger partial charge in [-0.15, -0.1) is 0 Å². The Balaban J connectivity index is 2.36. The lowest BCUT2D eigenvalue weighted by molar-refractivity contribution is -0.133. The van der Waals surface area contributed by atoms with E-state index in [4.69, 9.17) is 5.73 Å². The van der Waals surface area contributed by atoms with Crippen LogP contribution in [0.3, 0.4) is 0 Å². The molecule has 2 amide bonds. The molecule has 0 aromatic heterocycles. The van der Waals surface area contributed by atoms with Crippen LogP contribution in [0.1, 0.15) is 27.2 Å². The van der Waals surface area contributed by atoms with Crippen LogP contribution in [0.15, 0.2) is 0 Å². The van der Waals surface area contributed by atoms with E-state index in [1.54, 1.807) is 11.8 Å². The molecule has 18 heavy (non-hydrogen) atoms. The van der Waals surface area contributed by atoms with Gasteiger partial charge in [0.1, 0.15) is 0 Å². The molecule has 0 bridgehead atoms. The van der Waals surface area contributed by atoms with Crippen molar-refractivity contribution in [2.75, 3.05) is 19.6 Å². The maximum atomic E-state index is 11.8. The first kappa shape index (κ1) is 14.9. The third-order valence-electron chi connectivity index (χ3n) is 3.24. The SMILES string of the molecule is CC(C)[C@H](N)C(=O)NCC(=O)N1CCC(C)(O)C1.